The molecule has 0 aliphatic carbocycles. The van der Waals surface area contributed by atoms with E-state index in [0.717, 1.165) is 0 Å². The maximum absolute atomic E-state index is 11.1. The molecule has 5 heteroatoms. The van der Waals surface area contributed by atoms with Crippen LogP contribution in [-0.4, -0.2) is 35.9 Å². The van der Waals surface area contributed by atoms with Crippen LogP contribution in [0.4, 0.5) is 0 Å². The van der Waals surface area contributed by atoms with Crippen molar-refractivity contribution in [1.82, 2.24) is 10.6 Å². The van der Waals surface area contributed by atoms with E-state index in [9.17, 15) is 9.59 Å². The number of amides is 1. The summed E-state index contributed by atoms with van der Waals surface area (Å²) in [7, 11) is 1.59. The average molecular weight is 248 g/mol. The summed E-state index contributed by atoms with van der Waals surface area (Å²) >= 11 is 1.48. The van der Waals surface area contributed by atoms with Crippen molar-refractivity contribution in [2.24, 2.45) is 0 Å². The number of hydrogen-bond acceptors (Lipinski definition) is 4. The molecule has 1 rings (SSSR count). The molecule has 1 aliphatic heterocycles. The molecule has 1 heterocycles. The first-order valence-electron chi connectivity index (χ1n) is 5.75. The third-order valence-corrected chi connectivity index (χ3v) is 3.04. The van der Waals surface area contributed by atoms with E-state index in [2.05, 4.69) is 10.6 Å². The van der Waals surface area contributed by atoms with Gasteiger partial charge in [0.25, 0.3) is 0 Å². The van der Waals surface area contributed by atoms with E-state index in [4.69, 9.17) is 0 Å². The molecule has 2 atom stereocenters. The number of hydrogen-bond donors (Lipinski definition) is 2. The van der Waals surface area contributed by atoms with Gasteiger partial charge in [0.2, 0.25) is 5.91 Å². The molecule has 16 heavy (non-hydrogen) atoms. The highest BCUT2D eigenvalue weighted by atomic mass is 32.2. The summed E-state index contributed by atoms with van der Waals surface area (Å²) < 4.78 is 0. The van der Waals surface area contributed by atoms with E-state index >= 15 is 0 Å². The van der Waals surface area contributed by atoms with Crippen molar-refractivity contribution in [2.45, 2.75) is 46.0 Å². The fourth-order valence-corrected chi connectivity index (χ4v) is 2.16. The number of thioether (sulfide) groups is 1. The molecule has 1 aliphatic rings. The summed E-state index contributed by atoms with van der Waals surface area (Å²) in [6, 6.07) is -0.214. The summed E-state index contributed by atoms with van der Waals surface area (Å²) in [6.45, 7) is 9.52. The first-order valence-corrected chi connectivity index (χ1v) is 6.79. The predicted octanol–water partition coefficient (Wildman–Crippen LogP) is 1.40. The van der Waals surface area contributed by atoms with Crippen LogP contribution in [-0.2, 0) is 9.59 Å². The van der Waals surface area contributed by atoms with Crippen LogP contribution >= 0.6 is 11.8 Å². The lowest BCUT2D eigenvalue weighted by atomic mass is 10.3. The standard InChI is InChI=1S/C7H12N2O2S.2C2H6/c1-4(10)7-9-5(3-12-7)6(11)8-2;2*1-2/h5,7,9H,3H2,1-2H3,(H,8,11);2*1-2H3. The lowest BCUT2D eigenvalue weighted by Crippen LogP contribution is -2.44. The fraction of sp³-hybridized carbons (Fsp3) is 0.818. The van der Waals surface area contributed by atoms with E-state index in [1.54, 1.807) is 7.05 Å². The Morgan fingerprint density at radius 2 is 1.75 bits per heavy atom. The van der Waals surface area contributed by atoms with Gasteiger partial charge in [-0.15, -0.1) is 11.8 Å². The highest BCUT2D eigenvalue weighted by molar-refractivity contribution is 8.00. The van der Waals surface area contributed by atoms with E-state index in [1.165, 1.54) is 18.7 Å². The number of rotatable bonds is 2. The van der Waals surface area contributed by atoms with Gasteiger partial charge in [0.15, 0.2) is 5.78 Å². The fourth-order valence-electron chi connectivity index (χ4n) is 1.03. The Morgan fingerprint density at radius 1 is 1.25 bits per heavy atom. The van der Waals surface area contributed by atoms with Crippen LogP contribution < -0.4 is 10.6 Å². The molecule has 2 N–H and O–H groups in total. The van der Waals surface area contributed by atoms with Crippen LogP contribution in [0.15, 0.2) is 0 Å². The lowest BCUT2D eigenvalue weighted by Gasteiger charge is -2.08. The number of carbonyl (C=O) groups is 2. The number of likely N-dealkylation sites (N-methyl/N-ethyl adjacent to an activating group) is 1. The summed E-state index contributed by atoms with van der Waals surface area (Å²) in [5, 5.41) is 5.28. The molecule has 1 fully saturated rings. The molecule has 0 aromatic rings. The molecular weight excluding hydrogens is 224 g/mol. The number of carbonyl (C=O) groups excluding carboxylic acids is 2. The van der Waals surface area contributed by atoms with Crippen molar-refractivity contribution in [1.29, 1.82) is 0 Å². The SMILES string of the molecule is CC.CC.CNC(=O)C1CSC(C(C)=O)N1. The zero-order chi connectivity index (χ0) is 13.1. The van der Waals surface area contributed by atoms with Crippen molar-refractivity contribution in [2.75, 3.05) is 12.8 Å². The largest absolute Gasteiger partial charge is 0.358 e. The molecule has 2 unspecified atom stereocenters. The quantitative estimate of drug-likeness (QED) is 0.775. The minimum Gasteiger partial charge on any atom is -0.358 e. The topological polar surface area (TPSA) is 58.2 Å². The summed E-state index contributed by atoms with van der Waals surface area (Å²) in [6.07, 6.45) is 0. The van der Waals surface area contributed by atoms with Gasteiger partial charge in [-0.1, -0.05) is 27.7 Å². The molecule has 1 amide bonds. The maximum atomic E-state index is 11.1. The van der Waals surface area contributed by atoms with Gasteiger partial charge in [0.1, 0.15) is 5.37 Å². The highest BCUT2D eigenvalue weighted by Crippen LogP contribution is 2.19. The third-order valence-electron chi connectivity index (χ3n) is 1.71. The Balaban J connectivity index is 0. The average Bonchev–Trinajstić information content (AvgIpc) is 2.83. The van der Waals surface area contributed by atoms with Crippen molar-refractivity contribution >= 4 is 23.5 Å². The van der Waals surface area contributed by atoms with Crippen LogP contribution in [0.2, 0.25) is 0 Å². The smallest absolute Gasteiger partial charge is 0.237 e. The van der Waals surface area contributed by atoms with Gasteiger partial charge >= 0.3 is 0 Å². The molecule has 0 spiro atoms. The molecular formula is C11H24N2O2S. The van der Waals surface area contributed by atoms with Crippen LogP contribution in [0, 0.1) is 0 Å². The molecule has 0 saturated carbocycles. The molecule has 0 aromatic carbocycles. The third kappa shape index (κ3) is 6.12. The van der Waals surface area contributed by atoms with Gasteiger partial charge in [-0.05, 0) is 6.92 Å². The van der Waals surface area contributed by atoms with Crippen molar-refractivity contribution in [3.63, 3.8) is 0 Å². The van der Waals surface area contributed by atoms with Crippen molar-refractivity contribution < 1.29 is 9.59 Å². The second kappa shape index (κ2) is 11.0. The zero-order valence-corrected chi connectivity index (χ0v) is 11.9. The van der Waals surface area contributed by atoms with Gasteiger partial charge in [-0.3, -0.25) is 14.9 Å². The van der Waals surface area contributed by atoms with Gasteiger partial charge in [-0.25, -0.2) is 0 Å². The molecule has 0 aromatic heterocycles. The number of ketones is 1. The molecule has 1 saturated heterocycles. The second-order valence-corrected chi connectivity index (χ2v) is 3.80. The molecule has 4 nitrogen and oxygen atoms in total. The first-order chi connectivity index (χ1) is 7.65. The number of Topliss-reactive ketones (excluding diaryl/α,β-unsaturated/α-hetero) is 1. The van der Waals surface area contributed by atoms with Crippen molar-refractivity contribution in [3.8, 4) is 0 Å². The summed E-state index contributed by atoms with van der Waals surface area (Å²) in [5.74, 6) is 0.696. The van der Waals surface area contributed by atoms with E-state index in [1.807, 2.05) is 27.7 Å². The molecule has 0 radical (unpaired) electrons. The van der Waals surface area contributed by atoms with Gasteiger partial charge in [0.05, 0.1) is 6.04 Å². The minimum absolute atomic E-state index is 0.0498. The summed E-state index contributed by atoms with van der Waals surface area (Å²) in [4.78, 5) is 22.0. The normalized spacial score (nSPS) is 22.1. The van der Waals surface area contributed by atoms with Crippen LogP contribution in [0.1, 0.15) is 34.6 Å². The monoisotopic (exact) mass is 248 g/mol. The van der Waals surface area contributed by atoms with E-state index < -0.39 is 0 Å². The van der Waals surface area contributed by atoms with Gasteiger partial charge in [0, 0.05) is 12.8 Å². The molecule has 0 bridgehead atoms. The van der Waals surface area contributed by atoms with Gasteiger partial charge < -0.3 is 5.32 Å². The molecule has 96 valence electrons. The van der Waals surface area contributed by atoms with E-state index in [-0.39, 0.29) is 23.1 Å². The van der Waals surface area contributed by atoms with Crippen LogP contribution in [0.5, 0.6) is 0 Å². The van der Waals surface area contributed by atoms with Crippen LogP contribution in [0.3, 0.4) is 0 Å². The highest BCUT2D eigenvalue weighted by Gasteiger charge is 2.31. The van der Waals surface area contributed by atoms with E-state index in [0.29, 0.717) is 5.75 Å². The lowest BCUT2D eigenvalue weighted by molar-refractivity contribution is -0.122. The first kappa shape index (κ1) is 17.8. The minimum atomic E-state index is -0.214. The Bertz CT molecular complexity index is 210. The Hall–Kier alpha value is -0.550. The predicted molar refractivity (Wildman–Crippen MR) is 70.6 cm³/mol. The maximum Gasteiger partial charge on any atom is 0.237 e. The zero-order valence-electron chi connectivity index (χ0n) is 11.1. The Kier molecular flexibility index (Phi) is 12.2. The van der Waals surface area contributed by atoms with Crippen LogP contribution in [0.25, 0.3) is 0 Å². The second-order valence-electron chi connectivity index (χ2n) is 2.66. The van der Waals surface area contributed by atoms with Crippen molar-refractivity contribution in [3.05, 3.63) is 0 Å². The Morgan fingerprint density at radius 3 is 2.06 bits per heavy atom. The summed E-state index contributed by atoms with van der Waals surface area (Å²) in [5.41, 5.74) is 0. The Labute approximate surface area is 103 Å². The van der Waals surface area contributed by atoms with Gasteiger partial charge in [-0.2, -0.15) is 0 Å². The number of nitrogens with one attached hydrogen (secondary N) is 2.